The summed E-state index contributed by atoms with van der Waals surface area (Å²) in [6.07, 6.45) is 0. The van der Waals surface area contributed by atoms with E-state index in [1.807, 2.05) is 0 Å². The third kappa shape index (κ3) is 2.27. The maximum absolute atomic E-state index is 12.0. The van der Waals surface area contributed by atoms with E-state index in [1.165, 1.54) is 0 Å². The Morgan fingerprint density at radius 1 is 1.13 bits per heavy atom. The number of carbonyl (C=O) groups is 1. The fraction of sp³-hybridized carbons (Fsp3) is 0.800. The average molecular weight is 258 g/mol. The molecule has 0 aromatic carbocycles. The first-order valence-corrected chi connectivity index (χ1v) is 5.09. The summed E-state index contributed by atoms with van der Waals surface area (Å²) in [5.74, 6) is -14.6. The molecule has 0 fully saturated rings. The molecule has 0 aliphatic heterocycles. The van der Waals surface area contributed by atoms with Crippen LogP contribution in [0.5, 0.6) is 0 Å². The predicted octanol–water partition coefficient (Wildman–Crippen LogP) is 2.86. The molecular formula is C5H5F6O3P. The third-order valence-electron chi connectivity index (χ3n) is 1.66. The van der Waals surface area contributed by atoms with Gasteiger partial charge in [-0.3, -0.25) is 4.79 Å². The van der Waals surface area contributed by atoms with Crippen molar-refractivity contribution in [3.63, 3.8) is 0 Å². The van der Waals surface area contributed by atoms with E-state index < -0.39 is 30.6 Å². The second-order valence-corrected chi connectivity index (χ2v) is 5.71. The molecule has 0 aromatic rings. The standard InChI is InChI=1S/C5H5F6O3P/c1-2(3(12)13)15(14,4(6,7)8)5(9,10)11/h2H,1H3,(H,12,13). The van der Waals surface area contributed by atoms with Crippen LogP contribution in [0.2, 0.25) is 0 Å². The normalized spacial score (nSPS) is 16.2. The highest BCUT2D eigenvalue weighted by Gasteiger charge is 2.71. The van der Waals surface area contributed by atoms with Crippen molar-refractivity contribution in [2.75, 3.05) is 0 Å². The highest BCUT2D eigenvalue weighted by atomic mass is 31.2. The Morgan fingerprint density at radius 2 is 1.40 bits per heavy atom. The molecule has 0 aromatic heterocycles. The van der Waals surface area contributed by atoms with E-state index in [4.69, 9.17) is 5.11 Å². The molecule has 90 valence electrons. The third-order valence-corrected chi connectivity index (χ3v) is 4.47. The number of alkyl halides is 6. The molecule has 0 radical (unpaired) electrons. The van der Waals surface area contributed by atoms with Gasteiger partial charge in [0.25, 0.3) is 0 Å². The van der Waals surface area contributed by atoms with Crippen LogP contribution in [0.3, 0.4) is 0 Å². The van der Waals surface area contributed by atoms with Gasteiger partial charge in [-0.15, -0.1) is 0 Å². The fourth-order valence-electron chi connectivity index (χ4n) is 0.738. The van der Waals surface area contributed by atoms with Crippen LogP contribution in [0.25, 0.3) is 0 Å². The Bertz CT molecular complexity index is 287. The topological polar surface area (TPSA) is 54.4 Å². The maximum Gasteiger partial charge on any atom is 0.449 e. The molecule has 0 amide bonds. The van der Waals surface area contributed by atoms with E-state index >= 15 is 0 Å². The summed E-state index contributed by atoms with van der Waals surface area (Å²) in [7, 11) is -6.83. The van der Waals surface area contributed by atoms with Crippen LogP contribution < -0.4 is 0 Å². The van der Waals surface area contributed by atoms with Crippen LogP contribution in [0.15, 0.2) is 0 Å². The van der Waals surface area contributed by atoms with Gasteiger partial charge in [0.1, 0.15) is 5.66 Å². The zero-order valence-corrected chi connectivity index (χ0v) is 7.95. The lowest BCUT2D eigenvalue weighted by atomic mass is 10.5. The van der Waals surface area contributed by atoms with Gasteiger partial charge in [-0.05, 0) is 6.92 Å². The lowest BCUT2D eigenvalue weighted by Gasteiger charge is -2.26. The zero-order chi connectivity index (χ0) is 12.7. The van der Waals surface area contributed by atoms with Crippen LogP contribution >= 0.6 is 7.14 Å². The van der Waals surface area contributed by atoms with Gasteiger partial charge >= 0.3 is 24.9 Å². The summed E-state index contributed by atoms with van der Waals surface area (Å²) >= 11 is 0. The molecule has 0 saturated carbocycles. The molecule has 0 rings (SSSR count). The molecular weight excluding hydrogens is 253 g/mol. The van der Waals surface area contributed by atoms with E-state index in [-0.39, 0.29) is 6.92 Å². The van der Waals surface area contributed by atoms with Gasteiger partial charge in [0.15, 0.2) is 0 Å². The Morgan fingerprint density at radius 3 is 1.47 bits per heavy atom. The minimum Gasteiger partial charge on any atom is -0.481 e. The summed E-state index contributed by atoms with van der Waals surface area (Å²) in [4.78, 5) is 10.1. The lowest BCUT2D eigenvalue weighted by Crippen LogP contribution is -2.33. The van der Waals surface area contributed by atoms with Crippen LogP contribution in [0, 0.1) is 0 Å². The average Bonchev–Trinajstić information content (AvgIpc) is 1.96. The predicted molar refractivity (Wildman–Crippen MR) is 36.8 cm³/mol. The summed E-state index contributed by atoms with van der Waals surface area (Å²) in [6, 6.07) is 0. The number of hydrogen-bond donors (Lipinski definition) is 1. The van der Waals surface area contributed by atoms with Crippen molar-refractivity contribution in [1.29, 1.82) is 0 Å². The van der Waals surface area contributed by atoms with Crippen molar-refractivity contribution in [2.45, 2.75) is 24.4 Å². The number of halogens is 6. The number of hydrogen-bond acceptors (Lipinski definition) is 2. The van der Waals surface area contributed by atoms with Crippen LogP contribution in [-0.4, -0.2) is 28.6 Å². The van der Waals surface area contributed by atoms with Crippen molar-refractivity contribution in [3.05, 3.63) is 0 Å². The summed E-state index contributed by atoms with van der Waals surface area (Å²) in [6.45, 7) is 0.115. The molecule has 0 heterocycles. The van der Waals surface area contributed by atoms with Crippen molar-refractivity contribution in [1.82, 2.24) is 0 Å². The van der Waals surface area contributed by atoms with Crippen LogP contribution in [0.4, 0.5) is 26.3 Å². The van der Waals surface area contributed by atoms with Crippen molar-refractivity contribution in [2.24, 2.45) is 0 Å². The Hall–Kier alpha value is -0.720. The van der Waals surface area contributed by atoms with Crippen molar-refractivity contribution >= 4 is 13.1 Å². The first-order chi connectivity index (χ1) is 6.35. The molecule has 0 bridgehead atoms. The van der Waals surface area contributed by atoms with Crippen molar-refractivity contribution < 1.29 is 40.8 Å². The second kappa shape index (κ2) is 3.70. The number of carboxylic acids is 1. The van der Waals surface area contributed by atoms with Gasteiger partial charge in [-0.2, -0.15) is 26.3 Å². The SMILES string of the molecule is CC(C(=O)O)P(=O)(C(F)(F)F)C(F)(F)F. The first-order valence-electron chi connectivity index (χ1n) is 3.32. The fourth-order valence-corrected chi connectivity index (χ4v) is 2.22. The van der Waals surface area contributed by atoms with Gasteiger partial charge in [-0.25, -0.2) is 0 Å². The molecule has 3 nitrogen and oxygen atoms in total. The molecule has 1 unspecified atom stereocenters. The van der Waals surface area contributed by atoms with E-state index in [0.29, 0.717) is 0 Å². The molecule has 0 spiro atoms. The van der Waals surface area contributed by atoms with Crippen molar-refractivity contribution in [3.8, 4) is 0 Å². The van der Waals surface area contributed by atoms with E-state index in [2.05, 4.69) is 0 Å². The lowest BCUT2D eigenvalue weighted by molar-refractivity contribution is -0.138. The zero-order valence-electron chi connectivity index (χ0n) is 7.06. The van der Waals surface area contributed by atoms with Crippen LogP contribution in [-0.2, 0) is 9.36 Å². The van der Waals surface area contributed by atoms with E-state index in [9.17, 15) is 35.7 Å². The Labute approximate surface area is 79.4 Å². The molecule has 0 saturated heterocycles. The largest absolute Gasteiger partial charge is 0.481 e. The summed E-state index contributed by atoms with van der Waals surface area (Å²) in [5, 5.41) is 8.07. The molecule has 15 heavy (non-hydrogen) atoms. The van der Waals surface area contributed by atoms with Crippen LogP contribution in [0.1, 0.15) is 6.92 Å². The number of carboxylic acid groups (broad SMARTS) is 1. The van der Waals surface area contributed by atoms with E-state index in [0.717, 1.165) is 0 Å². The smallest absolute Gasteiger partial charge is 0.449 e. The quantitative estimate of drug-likeness (QED) is 0.612. The molecule has 1 N–H and O–H groups in total. The first kappa shape index (κ1) is 14.3. The molecule has 0 aliphatic rings. The minimum absolute atomic E-state index is 0.115. The van der Waals surface area contributed by atoms with Gasteiger partial charge in [-0.1, -0.05) is 0 Å². The minimum atomic E-state index is -6.83. The summed E-state index contributed by atoms with van der Waals surface area (Å²) < 4.78 is 82.6. The Kier molecular flexibility index (Phi) is 3.52. The molecule has 1 atom stereocenters. The highest BCUT2D eigenvalue weighted by molar-refractivity contribution is 7.67. The Balaban J connectivity index is 5.66. The monoisotopic (exact) mass is 258 g/mol. The van der Waals surface area contributed by atoms with E-state index in [1.54, 1.807) is 0 Å². The van der Waals surface area contributed by atoms with Gasteiger partial charge < -0.3 is 9.67 Å². The highest BCUT2D eigenvalue weighted by Crippen LogP contribution is 2.73. The maximum atomic E-state index is 12.0. The number of rotatable bonds is 2. The summed E-state index contributed by atoms with van der Waals surface area (Å²) in [5.41, 5.74) is -3.04. The molecule has 0 aliphatic carbocycles. The van der Waals surface area contributed by atoms with Gasteiger partial charge in [0, 0.05) is 0 Å². The number of aliphatic carboxylic acids is 1. The van der Waals surface area contributed by atoms with Gasteiger partial charge in [0.05, 0.1) is 0 Å². The second-order valence-electron chi connectivity index (χ2n) is 2.61. The van der Waals surface area contributed by atoms with Gasteiger partial charge in [0.2, 0.25) is 0 Å². The molecule has 10 heteroatoms.